The van der Waals surface area contributed by atoms with Gasteiger partial charge in [0.15, 0.2) is 0 Å². The maximum Gasteiger partial charge on any atom is 0.239 e. The third kappa shape index (κ3) is 44.2. The normalized spacial score (nSPS) is 12.4. The summed E-state index contributed by atoms with van der Waals surface area (Å²) in [6, 6.07) is -1.19. The lowest BCUT2D eigenvalue weighted by atomic mass is 10.0. The van der Waals surface area contributed by atoms with Crippen molar-refractivity contribution in [1.29, 1.82) is 0 Å². The molecule has 0 rings (SSSR count). The Morgan fingerprint density at radius 3 is 1.01 bits per heavy atom. The molecule has 0 aliphatic heterocycles. The van der Waals surface area contributed by atoms with E-state index in [2.05, 4.69) is 36.6 Å². The van der Waals surface area contributed by atoms with Crippen molar-refractivity contribution in [2.24, 2.45) is 22.9 Å². The van der Waals surface area contributed by atoms with E-state index in [1.165, 1.54) is 141 Å². The Balaban J connectivity index is 4.71. The van der Waals surface area contributed by atoms with Gasteiger partial charge < -0.3 is 43.4 Å². The molecule has 12 nitrogen and oxygen atoms in total. The van der Waals surface area contributed by atoms with Crippen molar-refractivity contribution in [3.63, 3.8) is 0 Å². The summed E-state index contributed by atoms with van der Waals surface area (Å²) in [6.07, 6.45) is 48.4. The Bertz CT molecular complexity index is 1220. The predicted molar refractivity (Wildman–Crippen MR) is 298 cm³/mol. The number of carbonyl (C=O) groups excluding carboxylic acids is 4. The first-order chi connectivity index (χ1) is 34.2. The number of rotatable bonds is 54. The van der Waals surface area contributed by atoms with Crippen molar-refractivity contribution < 1.29 is 19.2 Å². The molecular formula is C58H116N8O4. The minimum absolute atomic E-state index is 0.0692. The van der Waals surface area contributed by atoms with Crippen molar-refractivity contribution in [2.75, 3.05) is 52.4 Å². The second-order valence-corrected chi connectivity index (χ2v) is 20.6. The van der Waals surface area contributed by atoms with Gasteiger partial charge in [-0.25, -0.2) is 0 Å². The summed E-state index contributed by atoms with van der Waals surface area (Å²) in [4.78, 5) is 56.1. The van der Waals surface area contributed by atoms with Gasteiger partial charge in [-0.15, -0.1) is 0 Å². The number of nitrogens with two attached hydrogens (primary N) is 4. The fourth-order valence-corrected chi connectivity index (χ4v) is 9.19. The first kappa shape index (κ1) is 67.5. The Kier molecular flexibility index (Phi) is 50.9. The predicted octanol–water partition coefficient (Wildman–Crippen LogP) is 11.6. The third-order valence-electron chi connectivity index (χ3n) is 13.8. The molecule has 0 aromatic heterocycles. The van der Waals surface area contributed by atoms with Crippen molar-refractivity contribution in [3.8, 4) is 0 Å². The Morgan fingerprint density at radius 1 is 0.386 bits per heavy atom. The van der Waals surface area contributed by atoms with Gasteiger partial charge in [-0.2, -0.15) is 0 Å². The lowest BCUT2D eigenvalue weighted by molar-refractivity contribution is -0.134. The van der Waals surface area contributed by atoms with Crippen molar-refractivity contribution in [2.45, 2.75) is 283 Å². The first-order valence-corrected chi connectivity index (χ1v) is 29.9. The maximum absolute atomic E-state index is 13.6. The SMILES string of the molecule is CCCCCCCCC=CCCCCCCCC(=O)NCCCN(CCCCN(CCCNC(=O)CCCCCCCCCCCCCCCCC)C(=O)[C@H](N)CCCCN)C(=O)[C@H](N)CCCCN. The quantitative estimate of drug-likeness (QED) is 0.0255. The number of amides is 4. The smallest absolute Gasteiger partial charge is 0.239 e. The summed E-state index contributed by atoms with van der Waals surface area (Å²) in [5.74, 6) is -0.00471. The van der Waals surface area contributed by atoms with Crippen LogP contribution in [0.5, 0.6) is 0 Å². The fraction of sp³-hybridized carbons (Fsp3) is 0.897. The van der Waals surface area contributed by atoms with Crippen LogP contribution in [0.3, 0.4) is 0 Å². The van der Waals surface area contributed by atoms with Crippen LogP contribution in [0.15, 0.2) is 12.2 Å². The fourth-order valence-electron chi connectivity index (χ4n) is 9.19. The molecular weight excluding hydrogens is 873 g/mol. The second-order valence-electron chi connectivity index (χ2n) is 20.6. The number of hydrogen-bond acceptors (Lipinski definition) is 8. The average molecular weight is 990 g/mol. The molecule has 0 unspecified atom stereocenters. The van der Waals surface area contributed by atoms with E-state index in [0.29, 0.717) is 104 Å². The van der Waals surface area contributed by atoms with E-state index in [0.717, 1.165) is 64.2 Å². The first-order valence-electron chi connectivity index (χ1n) is 29.9. The second kappa shape index (κ2) is 52.8. The van der Waals surface area contributed by atoms with E-state index in [-0.39, 0.29) is 23.6 Å². The van der Waals surface area contributed by atoms with E-state index in [1.54, 1.807) is 0 Å². The van der Waals surface area contributed by atoms with Gasteiger partial charge in [0.25, 0.3) is 0 Å². The largest absolute Gasteiger partial charge is 0.356 e. The molecule has 412 valence electrons. The molecule has 0 heterocycles. The molecule has 0 aromatic carbocycles. The Labute approximate surface area is 431 Å². The van der Waals surface area contributed by atoms with Crippen LogP contribution in [0.2, 0.25) is 0 Å². The van der Waals surface area contributed by atoms with Crippen LogP contribution < -0.4 is 33.6 Å². The highest BCUT2D eigenvalue weighted by molar-refractivity contribution is 5.82. The van der Waals surface area contributed by atoms with Crippen LogP contribution in [-0.2, 0) is 19.2 Å². The molecule has 0 bridgehead atoms. The number of allylic oxidation sites excluding steroid dienone is 2. The summed E-state index contributed by atoms with van der Waals surface area (Å²) < 4.78 is 0. The Hall–Kier alpha value is -2.54. The molecule has 0 radical (unpaired) electrons. The molecule has 70 heavy (non-hydrogen) atoms. The highest BCUT2D eigenvalue weighted by Gasteiger charge is 2.23. The lowest BCUT2D eigenvalue weighted by Gasteiger charge is -2.28. The maximum atomic E-state index is 13.6. The van der Waals surface area contributed by atoms with Crippen LogP contribution in [0.25, 0.3) is 0 Å². The molecule has 0 aromatic rings. The van der Waals surface area contributed by atoms with Gasteiger partial charge >= 0.3 is 0 Å². The minimum Gasteiger partial charge on any atom is -0.356 e. The molecule has 0 aliphatic carbocycles. The summed E-state index contributed by atoms with van der Waals surface area (Å²) in [5.41, 5.74) is 24.2. The standard InChI is InChI=1S/C58H116N8O4/c1-3-5-7-9-11-13-15-17-19-21-23-25-27-29-31-43-55(67)63-47-39-51-65(57(69)53(61)41-33-35-45-59)49-37-38-50-66(58(70)54(62)42-34-36-46-60)52-40-48-64-56(68)44-32-30-28-26-24-22-20-18-16-14-12-10-8-6-4-2/h17,19,53-54H,3-16,18,20-52,59-62H2,1-2H3,(H,63,67)(H,64,68)/t53-,54-/m1/s1. The van der Waals surface area contributed by atoms with E-state index in [9.17, 15) is 19.2 Å². The molecule has 0 saturated carbocycles. The number of nitrogens with one attached hydrogen (secondary N) is 2. The van der Waals surface area contributed by atoms with Crippen LogP contribution >= 0.6 is 0 Å². The summed E-state index contributed by atoms with van der Waals surface area (Å²) >= 11 is 0. The van der Waals surface area contributed by atoms with Crippen LogP contribution in [-0.4, -0.2) is 97.9 Å². The van der Waals surface area contributed by atoms with Gasteiger partial charge in [0.1, 0.15) is 0 Å². The van der Waals surface area contributed by atoms with Crippen LogP contribution in [0.1, 0.15) is 271 Å². The van der Waals surface area contributed by atoms with Crippen LogP contribution in [0.4, 0.5) is 0 Å². The summed E-state index contributed by atoms with van der Waals surface area (Å²) in [6.45, 7) is 8.75. The molecule has 0 fully saturated rings. The summed E-state index contributed by atoms with van der Waals surface area (Å²) in [7, 11) is 0. The van der Waals surface area contributed by atoms with E-state index in [1.807, 2.05) is 9.80 Å². The van der Waals surface area contributed by atoms with Gasteiger partial charge in [0.2, 0.25) is 23.6 Å². The van der Waals surface area contributed by atoms with Gasteiger partial charge in [-0.1, -0.05) is 180 Å². The van der Waals surface area contributed by atoms with Crippen molar-refractivity contribution in [3.05, 3.63) is 12.2 Å². The number of hydrogen-bond donors (Lipinski definition) is 6. The molecule has 0 spiro atoms. The molecule has 10 N–H and O–H groups in total. The van der Waals surface area contributed by atoms with Crippen LogP contribution in [0, 0.1) is 0 Å². The topological polar surface area (TPSA) is 203 Å². The molecule has 4 amide bonds. The lowest BCUT2D eigenvalue weighted by Crippen LogP contribution is -2.46. The van der Waals surface area contributed by atoms with Gasteiger partial charge in [-0.05, 0) is 103 Å². The number of unbranched alkanes of at least 4 members (excludes halogenated alkanes) is 28. The zero-order chi connectivity index (χ0) is 51.4. The molecule has 2 atom stereocenters. The third-order valence-corrected chi connectivity index (χ3v) is 13.8. The molecule has 0 saturated heterocycles. The zero-order valence-corrected chi connectivity index (χ0v) is 46.1. The summed E-state index contributed by atoms with van der Waals surface area (Å²) in [5, 5.41) is 6.13. The van der Waals surface area contributed by atoms with Crippen molar-refractivity contribution in [1.82, 2.24) is 20.4 Å². The van der Waals surface area contributed by atoms with E-state index < -0.39 is 12.1 Å². The highest BCUT2D eigenvalue weighted by Crippen LogP contribution is 2.15. The Morgan fingerprint density at radius 2 is 0.686 bits per heavy atom. The molecule has 12 heteroatoms. The van der Waals surface area contributed by atoms with E-state index in [4.69, 9.17) is 22.9 Å². The monoisotopic (exact) mass is 989 g/mol. The van der Waals surface area contributed by atoms with E-state index >= 15 is 0 Å². The minimum atomic E-state index is -0.596. The van der Waals surface area contributed by atoms with Gasteiger partial charge in [0, 0.05) is 52.1 Å². The highest BCUT2D eigenvalue weighted by atomic mass is 16.2. The number of nitrogens with zero attached hydrogens (tertiary/aromatic N) is 2. The average Bonchev–Trinajstić information content (AvgIpc) is 3.35. The number of carbonyl (C=O) groups is 4. The molecule has 0 aliphatic rings. The van der Waals surface area contributed by atoms with Gasteiger partial charge in [-0.3, -0.25) is 19.2 Å². The van der Waals surface area contributed by atoms with Crippen molar-refractivity contribution >= 4 is 23.6 Å². The van der Waals surface area contributed by atoms with Gasteiger partial charge in [0.05, 0.1) is 12.1 Å². The zero-order valence-electron chi connectivity index (χ0n) is 46.1.